The second-order valence-electron chi connectivity index (χ2n) is 25.2. The van der Waals surface area contributed by atoms with Gasteiger partial charge in [-0.3, -0.25) is 0 Å². The highest BCUT2D eigenvalue weighted by Crippen LogP contribution is 2.34. The Morgan fingerprint density at radius 3 is 0.622 bits per heavy atom. The maximum atomic E-state index is 5.90. The summed E-state index contributed by atoms with van der Waals surface area (Å²) in [7, 11) is -7.02. The molecular weight excluding hydrogens is 1210 g/mol. The first-order valence-electron chi connectivity index (χ1n) is 33.7. The van der Waals surface area contributed by atoms with Gasteiger partial charge in [0.1, 0.15) is 0 Å². The number of hydrogen-bond acceptors (Lipinski definition) is 2. The molecule has 1 aromatic heterocycles. The Balaban J connectivity index is 1.04. The maximum Gasteiger partial charge on any atom is 0.179 e. The smallest absolute Gasteiger partial charge is 0.179 e. The SMILES string of the molecule is c1ccc(-c2ccc([Si](c3ccccc3)(c3ccc(-c4ccccc4)cc3)c3cc(-c4nc(-c5cccc(-c6ccccc6)c5)cc(-c5cccc(-c6ccccc6)c5)n4)cc([Si](c4ccccc4)(c4ccc(-c5ccccc5)cc4)c4ccc(-c5ccccc5)cc4)c3)cc2)cc1. The average molecular weight is 1280 g/mol. The fraction of sp³-hybridized carbons (Fsp3) is 0. The van der Waals surface area contributed by atoms with Crippen molar-refractivity contribution in [3.8, 4) is 101 Å². The minimum atomic E-state index is -3.51. The lowest BCUT2D eigenvalue weighted by Crippen LogP contribution is -2.78. The molecule has 0 fully saturated rings. The Morgan fingerprint density at radius 1 is 0.133 bits per heavy atom. The van der Waals surface area contributed by atoms with E-state index in [1.165, 1.54) is 63.7 Å². The van der Waals surface area contributed by atoms with Gasteiger partial charge in [-0.05, 0) is 126 Å². The summed E-state index contributed by atoms with van der Waals surface area (Å²) >= 11 is 0. The van der Waals surface area contributed by atoms with Crippen molar-refractivity contribution in [2.24, 2.45) is 0 Å². The summed E-state index contributed by atoms with van der Waals surface area (Å²) in [5.41, 5.74) is 18.5. The first-order valence-corrected chi connectivity index (χ1v) is 37.7. The van der Waals surface area contributed by atoms with Crippen LogP contribution in [0.4, 0.5) is 0 Å². The van der Waals surface area contributed by atoms with Crippen LogP contribution in [0.15, 0.2) is 413 Å². The van der Waals surface area contributed by atoms with Crippen molar-refractivity contribution in [3.05, 3.63) is 413 Å². The highest BCUT2D eigenvalue weighted by atomic mass is 28.3. The summed E-state index contributed by atoms with van der Waals surface area (Å²) in [5, 5.41) is 10.0. The predicted octanol–water partition coefficient (Wildman–Crippen LogP) is 18.2. The van der Waals surface area contributed by atoms with Crippen molar-refractivity contribution in [1.82, 2.24) is 9.97 Å². The quantitative estimate of drug-likeness (QED) is 0.0671. The van der Waals surface area contributed by atoms with Gasteiger partial charge in [0, 0.05) is 16.7 Å². The molecule has 0 unspecified atom stereocenters. The van der Waals surface area contributed by atoms with Crippen LogP contribution >= 0.6 is 0 Å². The van der Waals surface area contributed by atoms with E-state index < -0.39 is 16.1 Å². The van der Waals surface area contributed by atoms with Gasteiger partial charge in [0.25, 0.3) is 0 Å². The molecule has 0 atom stereocenters. The van der Waals surface area contributed by atoms with Crippen molar-refractivity contribution in [2.75, 3.05) is 0 Å². The second-order valence-corrected chi connectivity index (χ2v) is 32.8. The molecule has 462 valence electrons. The van der Waals surface area contributed by atoms with Crippen molar-refractivity contribution >= 4 is 57.6 Å². The lowest BCUT2D eigenvalue weighted by atomic mass is 9.99. The van der Waals surface area contributed by atoms with Gasteiger partial charge in [-0.2, -0.15) is 0 Å². The Hall–Kier alpha value is -12.2. The third-order valence-electron chi connectivity index (χ3n) is 19.4. The lowest BCUT2D eigenvalue weighted by molar-refractivity contribution is 1.18. The zero-order valence-corrected chi connectivity index (χ0v) is 56.2. The van der Waals surface area contributed by atoms with E-state index in [1.54, 1.807) is 0 Å². The Labute approximate surface area is 576 Å². The van der Waals surface area contributed by atoms with Gasteiger partial charge >= 0.3 is 0 Å². The van der Waals surface area contributed by atoms with Gasteiger partial charge < -0.3 is 0 Å². The van der Waals surface area contributed by atoms with Gasteiger partial charge in [-0.15, -0.1) is 0 Å². The molecule has 0 aliphatic carbocycles. The van der Waals surface area contributed by atoms with Crippen LogP contribution in [-0.4, -0.2) is 26.1 Å². The van der Waals surface area contributed by atoms with Crippen LogP contribution in [-0.2, 0) is 0 Å². The van der Waals surface area contributed by atoms with Crippen molar-refractivity contribution in [3.63, 3.8) is 0 Å². The summed E-state index contributed by atoms with van der Waals surface area (Å²) in [4.78, 5) is 11.8. The van der Waals surface area contributed by atoms with Crippen LogP contribution in [0.2, 0.25) is 0 Å². The molecule has 98 heavy (non-hydrogen) atoms. The van der Waals surface area contributed by atoms with Crippen LogP contribution < -0.4 is 41.5 Å². The zero-order chi connectivity index (χ0) is 65.5. The first-order chi connectivity index (χ1) is 48.5. The second kappa shape index (κ2) is 27.3. The van der Waals surface area contributed by atoms with Crippen LogP contribution in [0.25, 0.3) is 101 Å². The van der Waals surface area contributed by atoms with Gasteiger partial charge in [0.05, 0.1) is 11.4 Å². The Bertz CT molecular complexity index is 4850. The van der Waals surface area contributed by atoms with Crippen molar-refractivity contribution in [2.45, 2.75) is 0 Å². The zero-order valence-electron chi connectivity index (χ0n) is 54.2. The largest absolute Gasteiger partial charge is 0.228 e. The van der Waals surface area contributed by atoms with Crippen LogP contribution in [0.1, 0.15) is 0 Å². The van der Waals surface area contributed by atoms with E-state index in [0.29, 0.717) is 5.82 Å². The third-order valence-corrected chi connectivity index (χ3v) is 28.9. The molecule has 0 bridgehead atoms. The monoisotopic (exact) mass is 1280 g/mol. The van der Waals surface area contributed by atoms with E-state index in [9.17, 15) is 0 Å². The molecule has 0 saturated carbocycles. The third kappa shape index (κ3) is 11.9. The van der Waals surface area contributed by atoms with Gasteiger partial charge in [-0.25, -0.2) is 9.97 Å². The summed E-state index contributed by atoms with van der Waals surface area (Å²) in [6.45, 7) is 0. The summed E-state index contributed by atoms with van der Waals surface area (Å²) in [6.07, 6.45) is 0. The first kappa shape index (κ1) is 60.7. The molecule has 15 aromatic carbocycles. The minimum Gasteiger partial charge on any atom is -0.228 e. The molecule has 1 heterocycles. The number of aromatic nitrogens is 2. The number of benzene rings is 15. The molecule has 4 heteroatoms. The molecule has 0 N–H and O–H groups in total. The minimum absolute atomic E-state index is 0.639. The summed E-state index contributed by atoms with van der Waals surface area (Å²) in [6, 6.07) is 153. The van der Waals surface area contributed by atoms with Crippen LogP contribution in [0.3, 0.4) is 0 Å². The van der Waals surface area contributed by atoms with E-state index in [2.05, 4.69) is 413 Å². The molecular formula is C94H68N2Si2. The highest BCUT2D eigenvalue weighted by molar-refractivity contribution is 7.22. The molecule has 0 aliphatic heterocycles. The fourth-order valence-corrected chi connectivity index (χ4v) is 24.3. The molecule has 16 aromatic rings. The molecule has 2 nitrogen and oxygen atoms in total. The van der Waals surface area contributed by atoms with Crippen molar-refractivity contribution in [1.29, 1.82) is 0 Å². The predicted molar refractivity (Wildman–Crippen MR) is 418 cm³/mol. The number of nitrogens with zero attached hydrogens (tertiary/aromatic N) is 2. The van der Waals surface area contributed by atoms with E-state index in [0.717, 1.165) is 72.6 Å². The summed E-state index contributed by atoms with van der Waals surface area (Å²) in [5.74, 6) is 0.639. The molecule has 0 radical (unpaired) electrons. The van der Waals surface area contributed by atoms with Crippen molar-refractivity contribution < 1.29 is 0 Å². The average Bonchev–Trinajstić information content (AvgIpc) is 0.712. The summed E-state index contributed by atoms with van der Waals surface area (Å²) < 4.78 is 0. The fourth-order valence-electron chi connectivity index (χ4n) is 14.6. The maximum absolute atomic E-state index is 5.90. The normalized spacial score (nSPS) is 11.5. The van der Waals surface area contributed by atoms with Crippen LogP contribution in [0, 0.1) is 0 Å². The number of hydrogen-bond donors (Lipinski definition) is 0. The molecule has 0 aliphatic rings. The standard InChI is InChI=1S/C94H68N2Si2/c1-9-27-69(28-10-1)75-47-55-86(56-48-75)97(84-43-21-7-22-44-84,87-57-49-76(50-58-87)70-29-11-2-12-30-70)90-65-83(94-95-92(81-41-25-39-79(63-81)73-35-17-5-18-36-73)68-93(96-94)82-42-26-40-80(64-82)74-37-19-6-20-38-74)66-91(67-90)98(85-45-23-8-24-46-85,88-59-51-77(52-60-88)71-31-13-3-14-32-71)89-61-53-78(54-62-89)72-33-15-4-16-34-72/h1-68H. The Kier molecular flexibility index (Phi) is 16.9. The molecule has 0 amide bonds. The highest BCUT2D eigenvalue weighted by Gasteiger charge is 2.46. The van der Waals surface area contributed by atoms with Crippen LogP contribution in [0.5, 0.6) is 0 Å². The number of rotatable bonds is 17. The Morgan fingerprint density at radius 2 is 0.347 bits per heavy atom. The van der Waals surface area contributed by atoms with E-state index >= 15 is 0 Å². The molecule has 16 rings (SSSR count). The van der Waals surface area contributed by atoms with E-state index in [1.807, 2.05) is 0 Å². The topological polar surface area (TPSA) is 25.8 Å². The van der Waals surface area contributed by atoms with E-state index in [-0.39, 0.29) is 0 Å². The lowest BCUT2D eigenvalue weighted by Gasteiger charge is -2.38. The van der Waals surface area contributed by atoms with Gasteiger partial charge in [0.15, 0.2) is 22.0 Å². The van der Waals surface area contributed by atoms with E-state index in [4.69, 9.17) is 9.97 Å². The van der Waals surface area contributed by atoms with Gasteiger partial charge in [-0.1, -0.05) is 394 Å². The molecule has 0 saturated heterocycles. The van der Waals surface area contributed by atoms with Gasteiger partial charge in [0.2, 0.25) is 0 Å². The molecule has 0 spiro atoms.